The Morgan fingerprint density at radius 1 is 1.33 bits per heavy atom. The van der Waals surface area contributed by atoms with Gasteiger partial charge in [-0.15, -0.1) is 0 Å². The van der Waals surface area contributed by atoms with E-state index in [2.05, 4.69) is 41.0 Å². The molecule has 21 heavy (non-hydrogen) atoms. The molecule has 5 nitrogen and oxygen atoms in total. The van der Waals surface area contributed by atoms with Gasteiger partial charge in [0.15, 0.2) is 0 Å². The third-order valence-corrected chi connectivity index (χ3v) is 4.14. The van der Waals surface area contributed by atoms with Crippen molar-refractivity contribution in [2.75, 3.05) is 29.9 Å². The standard InChI is InChI=1S/C16H28N4O/c1-4-17-15-14(12(2)3)16(19-11-18-15)20-9-7-5-6-8-13(20)10-21/h11-13,21H,4-10H2,1-3H3,(H,17,18,19). The maximum Gasteiger partial charge on any atom is 0.137 e. The summed E-state index contributed by atoms with van der Waals surface area (Å²) < 4.78 is 0. The topological polar surface area (TPSA) is 61.3 Å². The van der Waals surface area contributed by atoms with Crippen LogP contribution in [0.15, 0.2) is 6.33 Å². The van der Waals surface area contributed by atoms with Gasteiger partial charge in [-0.3, -0.25) is 0 Å². The molecule has 0 saturated carbocycles. The van der Waals surface area contributed by atoms with Gasteiger partial charge >= 0.3 is 0 Å². The minimum Gasteiger partial charge on any atom is -0.394 e. The molecule has 1 saturated heterocycles. The Bertz CT molecular complexity index is 450. The number of aliphatic hydroxyl groups is 1. The fourth-order valence-corrected chi connectivity index (χ4v) is 3.10. The highest BCUT2D eigenvalue weighted by Crippen LogP contribution is 2.33. The molecule has 0 radical (unpaired) electrons. The summed E-state index contributed by atoms with van der Waals surface area (Å²) in [5.74, 6) is 2.27. The second-order valence-electron chi connectivity index (χ2n) is 6.02. The molecule has 0 bridgehead atoms. The van der Waals surface area contributed by atoms with E-state index >= 15 is 0 Å². The van der Waals surface area contributed by atoms with Crippen molar-refractivity contribution in [3.8, 4) is 0 Å². The van der Waals surface area contributed by atoms with Gasteiger partial charge in [0, 0.05) is 18.7 Å². The first kappa shape index (κ1) is 16.0. The van der Waals surface area contributed by atoms with Crippen molar-refractivity contribution in [1.29, 1.82) is 0 Å². The quantitative estimate of drug-likeness (QED) is 0.874. The molecule has 1 aromatic heterocycles. The first-order valence-electron chi connectivity index (χ1n) is 8.15. The number of nitrogens with zero attached hydrogens (tertiary/aromatic N) is 3. The Hall–Kier alpha value is -1.36. The zero-order chi connectivity index (χ0) is 15.2. The van der Waals surface area contributed by atoms with Gasteiger partial charge < -0.3 is 15.3 Å². The average Bonchev–Trinajstić information content (AvgIpc) is 2.72. The Morgan fingerprint density at radius 2 is 2.14 bits per heavy atom. The summed E-state index contributed by atoms with van der Waals surface area (Å²) in [5.41, 5.74) is 1.17. The first-order chi connectivity index (χ1) is 10.2. The molecule has 2 heterocycles. The molecule has 0 aromatic carbocycles. The van der Waals surface area contributed by atoms with Crippen LogP contribution in [0, 0.1) is 0 Å². The predicted molar refractivity (Wildman–Crippen MR) is 87.0 cm³/mol. The smallest absolute Gasteiger partial charge is 0.137 e. The van der Waals surface area contributed by atoms with Crippen LogP contribution in [0.25, 0.3) is 0 Å². The molecule has 0 amide bonds. The van der Waals surface area contributed by atoms with Crippen molar-refractivity contribution in [1.82, 2.24) is 9.97 Å². The molecule has 1 atom stereocenters. The summed E-state index contributed by atoms with van der Waals surface area (Å²) >= 11 is 0. The maximum atomic E-state index is 9.75. The van der Waals surface area contributed by atoms with Crippen molar-refractivity contribution < 1.29 is 5.11 Å². The highest BCUT2D eigenvalue weighted by atomic mass is 16.3. The Balaban J connectivity index is 2.42. The van der Waals surface area contributed by atoms with E-state index in [1.807, 2.05) is 0 Å². The van der Waals surface area contributed by atoms with E-state index in [1.54, 1.807) is 6.33 Å². The maximum absolute atomic E-state index is 9.75. The minimum absolute atomic E-state index is 0.175. The molecule has 118 valence electrons. The second-order valence-corrected chi connectivity index (χ2v) is 6.02. The van der Waals surface area contributed by atoms with Crippen LogP contribution in [0.2, 0.25) is 0 Å². The van der Waals surface area contributed by atoms with Crippen molar-refractivity contribution in [3.63, 3.8) is 0 Å². The van der Waals surface area contributed by atoms with Crippen molar-refractivity contribution in [2.24, 2.45) is 0 Å². The van der Waals surface area contributed by atoms with Crippen LogP contribution in [-0.4, -0.2) is 40.8 Å². The summed E-state index contributed by atoms with van der Waals surface area (Å²) in [4.78, 5) is 11.3. The number of anilines is 2. The number of rotatable bonds is 5. The van der Waals surface area contributed by atoms with Crippen LogP contribution in [0.5, 0.6) is 0 Å². The van der Waals surface area contributed by atoms with Crippen LogP contribution >= 0.6 is 0 Å². The minimum atomic E-state index is 0.175. The summed E-state index contributed by atoms with van der Waals surface area (Å²) in [6.45, 7) is 8.43. The lowest BCUT2D eigenvalue weighted by Crippen LogP contribution is -2.39. The van der Waals surface area contributed by atoms with E-state index in [-0.39, 0.29) is 12.6 Å². The van der Waals surface area contributed by atoms with Gasteiger partial charge in [0.2, 0.25) is 0 Å². The Morgan fingerprint density at radius 3 is 2.81 bits per heavy atom. The molecule has 5 heteroatoms. The molecule has 0 aliphatic carbocycles. The molecule has 1 aliphatic rings. The third-order valence-electron chi connectivity index (χ3n) is 4.14. The summed E-state index contributed by atoms with van der Waals surface area (Å²) in [5, 5.41) is 13.1. The van der Waals surface area contributed by atoms with Gasteiger partial charge in [0.05, 0.1) is 12.6 Å². The van der Waals surface area contributed by atoms with E-state index in [0.717, 1.165) is 37.6 Å². The molecule has 2 rings (SSSR count). The van der Waals surface area contributed by atoms with Crippen LogP contribution in [0.3, 0.4) is 0 Å². The fraction of sp³-hybridized carbons (Fsp3) is 0.750. The van der Waals surface area contributed by atoms with Crippen LogP contribution in [0.4, 0.5) is 11.6 Å². The zero-order valence-electron chi connectivity index (χ0n) is 13.5. The van der Waals surface area contributed by atoms with Gasteiger partial charge in [-0.2, -0.15) is 0 Å². The number of aromatic nitrogens is 2. The van der Waals surface area contributed by atoms with Crippen molar-refractivity contribution in [3.05, 3.63) is 11.9 Å². The molecule has 0 spiro atoms. The molecule has 1 aromatic rings. The lowest BCUT2D eigenvalue weighted by molar-refractivity contribution is 0.254. The SMILES string of the molecule is CCNc1ncnc(N2CCCCCC2CO)c1C(C)C. The van der Waals surface area contributed by atoms with Crippen LogP contribution < -0.4 is 10.2 Å². The number of hydrogen-bond acceptors (Lipinski definition) is 5. The normalized spacial score (nSPS) is 19.7. The molecular weight excluding hydrogens is 264 g/mol. The van der Waals surface area contributed by atoms with Crippen molar-refractivity contribution >= 4 is 11.6 Å². The van der Waals surface area contributed by atoms with E-state index in [0.29, 0.717) is 5.92 Å². The summed E-state index contributed by atoms with van der Waals surface area (Å²) in [6.07, 6.45) is 6.25. The van der Waals surface area contributed by atoms with E-state index in [9.17, 15) is 5.11 Å². The Kier molecular flexibility index (Phi) is 5.79. The number of hydrogen-bond donors (Lipinski definition) is 2. The lowest BCUT2D eigenvalue weighted by Gasteiger charge is -2.32. The van der Waals surface area contributed by atoms with Gasteiger partial charge in [-0.1, -0.05) is 26.7 Å². The largest absolute Gasteiger partial charge is 0.394 e. The first-order valence-corrected chi connectivity index (χ1v) is 8.15. The van der Waals surface area contributed by atoms with Gasteiger partial charge in [0.25, 0.3) is 0 Å². The fourth-order valence-electron chi connectivity index (χ4n) is 3.10. The van der Waals surface area contributed by atoms with E-state index in [1.165, 1.54) is 18.4 Å². The monoisotopic (exact) mass is 292 g/mol. The second kappa shape index (κ2) is 7.59. The lowest BCUT2D eigenvalue weighted by atomic mass is 10.0. The molecule has 1 fully saturated rings. The summed E-state index contributed by atoms with van der Waals surface area (Å²) in [7, 11) is 0. The third kappa shape index (κ3) is 3.64. The highest BCUT2D eigenvalue weighted by Gasteiger charge is 2.26. The molecule has 1 unspecified atom stereocenters. The molecule has 1 aliphatic heterocycles. The van der Waals surface area contributed by atoms with E-state index in [4.69, 9.17) is 0 Å². The number of nitrogens with one attached hydrogen (secondary N) is 1. The van der Waals surface area contributed by atoms with Crippen LogP contribution in [0.1, 0.15) is 57.9 Å². The molecular formula is C16H28N4O. The highest BCUT2D eigenvalue weighted by molar-refractivity contribution is 5.60. The molecule has 2 N–H and O–H groups in total. The van der Waals surface area contributed by atoms with Crippen LogP contribution in [-0.2, 0) is 0 Å². The van der Waals surface area contributed by atoms with Gasteiger partial charge in [0.1, 0.15) is 18.0 Å². The van der Waals surface area contributed by atoms with E-state index < -0.39 is 0 Å². The average molecular weight is 292 g/mol. The van der Waals surface area contributed by atoms with Crippen molar-refractivity contribution in [2.45, 2.75) is 58.4 Å². The Labute approximate surface area is 127 Å². The zero-order valence-corrected chi connectivity index (χ0v) is 13.5. The predicted octanol–water partition coefficient (Wildman–Crippen LogP) is 2.77. The summed E-state index contributed by atoms with van der Waals surface area (Å²) in [6, 6.07) is 0.175. The van der Waals surface area contributed by atoms with Gasteiger partial charge in [-0.05, 0) is 25.7 Å². The number of aliphatic hydroxyl groups excluding tert-OH is 1. The van der Waals surface area contributed by atoms with Gasteiger partial charge in [-0.25, -0.2) is 9.97 Å².